The Morgan fingerprint density at radius 1 is 0.761 bits per heavy atom. The topological polar surface area (TPSA) is 0 Å². The molecule has 5 fully saturated rings. The van der Waals surface area contributed by atoms with Gasteiger partial charge in [-0.2, -0.15) is 41.0 Å². The molecule has 0 radical (unpaired) electrons. The normalized spacial score (nSPS) is 28.5. The predicted molar refractivity (Wildman–Crippen MR) is 185 cm³/mol. The molecule has 0 nitrogen and oxygen atoms in total. The zero-order chi connectivity index (χ0) is 31.3. The summed E-state index contributed by atoms with van der Waals surface area (Å²) in [5.41, 5.74) is 11.0. The Morgan fingerprint density at radius 3 is 1.80 bits per heavy atom. The van der Waals surface area contributed by atoms with Crippen LogP contribution in [0.5, 0.6) is 0 Å². The first kappa shape index (κ1) is 38.1. The first-order valence-corrected chi connectivity index (χ1v) is 19.1. The third kappa shape index (κ3) is 8.51. The average Bonchev–Trinajstić information content (AvgIpc) is 3.56. The molecule has 46 heavy (non-hydrogen) atoms. The van der Waals surface area contributed by atoms with E-state index in [0.29, 0.717) is 11.3 Å². The Morgan fingerprint density at radius 2 is 1.33 bits per heavy atom. The van der Waals surface area contributed by atoms with Gasteiger partial charge in [-0.25, -0.2) is 6.08 Å². The van der Waals surface area contributed by atoms with Crippen molar-refractivity contribution in [1.29, 1.82) is 0 Å². The van der Waals surface area contributed by atoms with Gasteiger partial charge in [-0.1, -0.05) is 114 Å². The van der Waals surface area contributed by atoms with E-state index in [1.165, 1.54) is 84.7 Å². The van der Waals surface area contributed by atoms with Gasteiger partial charge in [-0.15, -0.1) is 5.56 Å². The van der Waals surface area contributed by atoms with E-state index < -0.39 is 0 Å². The van der Waals surface area contributed by atoms with Crippen LogP contribution in [0.3, 0.4) is 0 Å². The van der Waals surface area contributed by atoms with Gasteiger partial charge in [0, 0.05) is 0 Å². The van der Waals surface area contributed by atoms with Crippen molar-refractivity contribution < 1.29 is 49.0 Å². The van der Waals surface area contributed by atoms with Crippen LogP contribution in [0.25, 0.3) is 11.1 Å². The number of benzene rings is 2. The van der Waals surface area contributed by atoms with Crippen molar-refractivity contribution in [1.82, 2.24) is 0 Å². The van der Waals surface area contributed by atoms with E-state index in [1.807, 2.05) is 0 Å². The zero-order valence-corrected chi connectivity index (χ0v) is 33.6. The molecule has 0 saturated heterocycles. The summed E-state index contributed by atoms with van der Waals surface area (Å²) >= 11 is 1.69. The fraction of sp³-hybridized carbons (Fsp3) is 0.605. The Labute approximate surface area is 309 Å². The summed E-state index contributed by atoms with van der Waals surface area (Å²) in [6.45, 7) is 15.9. The van der Waals surface area contributed by atoms with Crippen LogP contribution in [0.4, 0.5) is 0 Å². The number of halogens is 2. The van der Waals surface area contributed by atoms with Crippen LogP contribution in [-0.4, -0.2) is 3.21 Å². The molecule has 5 saturated carbocycles. The van der Waals surface area contributed by atoms with Crippen LogP contribution in [0, 0.1) is 41.2 Å². The molecule has 0 spiro atoms. The molecule has 2 aromatic rings. The van der Waals surface area contributed by atoms with Crippen molar-refractivity contribution in [2.75, 3.05) is 0 Å². The fourth-order valence-electron chi connectivity index (χ4n) is 9.34. The Bertz CT molecular complexity index is 1340. The van der Waals surface area contributed by atoms with E-state index in [2.05, 4.69) is 103 Å². The molecule has 7 aliphatic carbocycles. The van der Waals surface area contributed by atoms with E-state index in [0.717, 1.165) is 24.2 Å². The van der Waals surface area contributed by atoms with Gasteiger partial charge in [0.15, 0.2) is 0 Å². The second-order valence-corrected chi connectivity index (χ2v) is 19.2. The molecule has 1 unspecified atom stereocenters. The van der Waals surface area contributed by atoms with Crippen molar-refractivity contribution in [2.45, 2.75) is 136 Å². The molecule has 0 N–H and O–H groups in total. The summed E-state index contributed by atoms with van der Waals surface area (Å²) in [5, 5.41) is 0. The van der Waals surface area contributed by atoms with Crippen LogP contribution in [0.15, 0.2) is 48.1 Å². The minimum absolute atomic E-state index is 0. The molecule has 7 aliphatic rings. The van der Waals surface area contributed by atoms with Gasteiger partial charge >= 0.3 is 59.5 Å². The Kier molecular flexibility index (Phi) is 12.4. The molecule has 0 heterocycles. The van der Waals surface area contributed by atoms with Gasteiger partial charge < -0.3 is 24.8 Å². The molecule has 0 amide bonds. The average molecular weight is 735 g/mol. The third-order valence-corrected chi connectivity index (χ3v) is 12.8. The maximum atomic E-state index is 3.53. The maximum absolute atomic E-state index is 3.53. The van der Waals surface area contributed by atoms with Gasteiger partial charge in [0.2, 0.25) is 0 Å². The zero-order valence-electron chi connectivity index (χ0n) is 29.6. The summed E-state index contributed by atoms with van der Waals surface area (Å²) in [6, 6.07) is 15.1. The minimum atomic E-state index is 0. The van der Waals surface area contributed by atoms with Crippen LogP contribution >= 0.6 is 0 Å². The first-order chi connectivity index (χ1) is 20.8. The van der Waals surface area contributed by atoms with Crippen LogP contribution in [0.2, 0.25) is 0 Å². The molecule has 4 bridgehead atoms. The van der Waals surface area contributed by atoms with Crippen LogP contribution < -0.4 is 24.8 Å². The van der Waals surface area contributed by atoms with E-state index >= 15 is 0 Å². The molecule has 248 valence electrons. The van der Waals surface area contributed by atoms with Crippen molar-refractivity contribution in [3.8, 4) is 11.1 Å². The van der Waals surface area contributed by atoms with Gasteiger partial charge in [0.05, 0.1) is 0 Å². The summed E-state index contributed by atoms with van der Waals surface area (Å²) in [4.78, 5) is 0. The first-order valence-electron chi connectivity index (χ1n) is 17.9. The van der Waals surface area contributed by atoms with Crippen molar-refractivity contribution in [3.05, 3.63) is 82.5 Å². The molecule has 3 heteroatoms. The van der Waals surface area contributed by atoms with E-state index in [1.54, 1.807) is 52.3 Å². The van der Waals surface area contributed by atoms with Gasteiger partial charge in [-0.05, 0) is 54.4 Å². The third-order valence-electron chi connectivity index (χ3n) is 11.6. The predicted octanol–water partition coefficient (Wildman–Crippen LogP) is 5.47. The number of hydrogen-bond donors (Lipinski definition) is 0. The van der Waals surface area contributed by atoms with Crippen molar-refractivity contribution >= 4 is 3.21 Å². The van der Waals surface area contributed by atoms with E-state index in [9.17, 15) is 0 Å². The summed E-state index contributed by atoms with van der Waals surface area (Å²) in [5.74, 6) is 3.77. The van der Waals surface area contributed by atoms with Gasteiger partial charge in [0.25, 0.3) is 0 Å². The van der Waals surface area contributed by atoms with E-state index in [4.69, 9.17) is 0 Å². The summed E-state index contributed by atoms with van der Waals surface area (Å²) in [7, 11) is 0. The Balaban J connectivity index is 0.000000170. The quantitative estimate of drug-likeness (QED) is 0.292. The molecular weight excluding hydrogens is 679 g/mol. The van der Waals surface area contributed by atoms with Crippen molar-refractivity contribution in [3.63, 3.8) is 0 Å². The number of fused-ring (bicyclic) bond motifs is 3. The molecule has 0 aliphatic heterocycles. The van der Waals surface area contributed by atoms with Crippen molar-refractivity contribution in [2.24, 2.45) is 29.1 Å². The summed E-state index contributed by atoms with van der Waals surface area (Å²) < 4.78 is 1.80. The van der Waals surface area contributed by atoms with Gasteiger partial charge in [-0.3, -0.25) is 6.08 Å². The van der Waals surface area contributed by atoms with Gasteiger partial charge in [0.1, 0.15) is 0 Å². The second-order valence-electron chi connectivity index (χ2n) is 17.4. The van der Waals surface area contributed by atoms with Crippen LogP contribution in [-0.2, 0) is 41.5 Å². The molecule has 9 rings (SSSR count). The van der Waals surface area contributed by atoms with Crippen LogP contribution in [0.1, 0.15) is 141 Å². The fourth-order valence-corrected chi connectivity index (χ4v) is 10.2. The number of hydrogen-bond acceptors (Lipinski definition) is 0. The number of rotatable bonds is 1. The molecule has 1 atom stereocenters. The molecule has 2 aromatic carbocycles. The monoisotopic (exact) mass is 732 g/mol. The van der Waals surface area contributed by atoms with E-state index in [-0.39, 0.29) is 35.6 Å². The standard InChI is InChI=1S/C21H25.C16H21.C6H10.2ClH.Zr/c1-20(2,3)16-9-7-14-11-15-8-10-17(21(4,5)6)13-19(15)18(14)12-16;1-11-2-3-15(4-11)16-8-12-5-13(9-16)7-14(6-12)10-16;1-2-4-6-5-3-1;;;/h7,9-10,12-13H,11H2,1-6H3;3-4,11-14H,5-10H2,1H3;1-5H2;2*1H;/q2*-1;;;;+2/p-2. The molecule has 0 aromatic heterocycles. The molecular formula is C43H56Cl2Zr-2. The second kappa shape index (κ2) is 15.0. The SMILES string of the molecule is CC(C)(C)c1c[c-]c2c(c1)-c1cc(C(C)(C)C)ccc1C2.CC1[C-]=CC(C23CC4CC(CC(C4)C2)C3)=C1.[Cl-].[Cl-].[Zr+2]=[C]1CCCCC1. The summed E-state index contributed by atoms with van der Waals surface area (Å²) in [6.07, 6.45) is 25.8. The Hall–Kier alpha value is -0.747. The number of allylic oxidation sites excluding steroid dienone is 4.